The Morgan fingerprint density at radius 2 is 2.38 bits per heavy atom. The monoisotopic (exact) mass is 244 g/mol. The third-order valence-electron chi connectivity index (χ3n) is 2.12. The summed E-state index contributed by atoms with van der Waals surface area (Å²) in [7, 11) is 3.51. The summed E-state index contributed by atoms with van der Waals surface area (Å²) >= 11 is 5.78. The molecule has 0 aliphatic carbocycles. The molecule has 1 atom stereocenters. The summed E-state index contributed by atoms with van der Waals surface area (Å²) in [6.45, 7) is 1.64. The Morgan fingerprint density at radius 3 is 3.00 bits per heavy atom. The van der Waals surface area contributed by atoms with Crippen molar-refractivity contribution in [3.8, 4) is 0 Å². The minimum absolute atomic E-state index is 0.349. The molecule has 0 saturated heterocycles. The van der Waals surface area contributed by atoms with Gasteiger partial charge in [-0.25, -0.2) is 4.98 Å². The fourth-order valence-corrected chi connectivity index (χ4v) is 1.72. The maximum Gasteiger partial charge on any atom is 0.129 e. The number of halogens is 1. The van der Waals surface area contributed by atoms with Gasteiger partial charge >= 0.3 is 0 Å². The lowest BCUT2D eigenvalue weighted by Gasteiger charge is -2.20. The molecule has 4 nitrogen and oxygen atoms in total. The van der Waals surface area contributed by atoms with Gasteiger partial charge in [-0.15, -0.1) is 0 Å². The molecule has 0 fully saturated rings. The zero-order chi connectivity index (χ0) is 12.0. The lowest BCUT2D eigenvalue weighted by molar-refractivity contribution is 0.0419. The Kier molecular flexibility index (Phi) is 5.69. The molecule has 1 aromatic heterocycles. The SMILES string of the molecule is COCC(O)CN(C)Cc1ccnc(Cl)c1. The number of likely N-dealkylation sites (N-methyl/N-ethyl adjacent to an activating group) is 1. The molecule has 0 saturated carbocycles. The van der Waals surface area contributed by atoms with Crippen LogP contribution < -0.4 is 0 Å². The fourth-order valence-electron chi connectivity index (χ4n) is 1.52. The van der Waals surface area contributed by atoms with Crippen LogP contribution in [0, 0.1) is 0 Å². The van der Waals surface area contributed by atoms with Crippen molar-refractivity contribution in [3.05, 3.63) is 29.0 Å². The van der Waals surface area contributed by atoms with E-state index in [1.807, 2.05) is 24.1 Å². The van der Waals surface area contributed by atoms with E-state index in [1.54, 1.807) is 13.3 Å². The zero-order valence-corrected chi connectivity index (χ0v) is 10.3. The highest BCUT2D eigenvalue weighted by atomic mass is 35.5. The topological polar surface area (TPSA) is 45.6 Å². The maximum atomic E-state index is 9.55. The summed E-state index contributed by atoms with van der Waals surface area (Å²) in [5.74, 6) is 0. The van der Waals surface area contributed by atoms with E-state index in [0.717, 1.165) is 12.1 Å². The molecule has 0 aliphatic heterocycles. The van der Waals surface area contributed by atoms with Crippen molar-refractivity contribution in [1.82, 2.24) is 9.88 Å². The third kappa shape index (κ3) is 4.90. The van der Waals surface area contributed by atoms with Gasteiger partial charge in [0, 0.05) is 26.4 Å². The van der Waals surface area contributed by atoms with E-state index >= 15 is 0 Å². The molecule has 0 amide bonds. The number of ether oxygens (including phenoxy) is 1. The number of aromatic nitrogens is 1. The van der Waals surface area contributed by atoms with Crippen molar-refractivity contribution < 1.29 is 9.84 Å². The van der Waals surface area contributed by atoms with E-state index in [1.165, 1.54) is 0 Å². The van der Waals surface area contributed by atoms with E-state index in [-0.39, 0.29) is 0 Å². The van der Waals surface area contributed by atoms with Gasteiger partial charge in [0.05, 0.1) is 12.7 Å². The molecule has 1 rings (SSSR count). The second-order valence-corrected chi connectivity index (χ2v) is 4.18. The Bertz CT molecular complexity index is 323. The largest absolute Gasteiger partial charge is 0.389 e. The van der Waals surface area contributed by atoms with Crippen LogP contribution in [0.15, 0.2) is 18.3 Å². The third-order valence-corrected chi connectivity index (χ3v) is 2.33. The molecule has 16 heavy (non-hydrogen) atoms. The van der Waals surface area contributed by atoms with Crippen LogP contribution in [0.1, 0.15) is 5.56 Å². The summed E-state index contributed by atoms with van der Waals surface area (Å²) in [4.78, 5) is 5.92. The summed E-state index contributed by atoms with van der Waals surface area (Å²) in [6, 6.07) is 3.73. The van der Waals surface area contributed by atoms with Crippen LogP contribution >= 0.6 is 11.6 Å². The fraction of sp³-hybridized carbons (Fsp3) is 0.545. The van der Waals surface area contributed by atoms with Gasteiger partial charge in [-0.05, 0) is 24.7 Å². The van der Waals surface area contributed by atoms with Gasteiger partial charge in [0.2, 0.25) is 0 Å². The molecule has 0 aromatic carbocycles. The number of methoxy groups -OCH3 is 1. The normalized spacial score (nSPS) is 13.1. The van der Waals surface area contributed by atoms with Crippen LogP contribution in [0.2, 0.25) is 5.15 Å². The number of hydrogen-bond donors (Lipinski definition) is 1. The Labute approximate surface area is 101 Å². The molecule has 0 aliphatic rings. The van der Waals surface area contributed by atoms with E-state index in [0.29, 0.717) is 18.3 Å². The lowest BCUT2D eigenvalue weighted by Crippen LogP contribution is -2.31. The predicted molar refractivity (Wildman–Crippen MR) is 63.5 cm³/mol. The average molecular weight is 245 g/mol. The van der Waals surface area contributed by atoms with Gasteiger partial charge < -0.3 is 9.84 Å². The van der Waals surface area contributed by atoms with Crippen molar-refractivity contribution in [2.45, 2.75) is 12.6 Å². The van der Waals surface area contributed by atoms with Gasteiger partial charge in [0.15, 0.2) is 0 Å². The minimum Gasteiger partial charge on any atom is -0.389 e. The van der Waals surface area contributed by atoms with Crippen LogP contribution in [0.25, 0.3) is 0 Å². The first kappa shape index (κ1) is 13.4. The molecule has 90 valence electrons. The lowest BCUT2D eigenvalue weighted by atomic mass is 10.2. The molecular formula is C11H17ClN2O2. The molecule has 5 heteroatoms. The number of rotatable bonds is 6. The molecule has 1 heterocycles. The highest BCUT2D eigenvalue weighted by Crippen LogP contribution is 2.09. The Hall–Kier alpha value is -0.680. The van der Waals surface area contributed by atoms with Crippen LogP contribution in [0.3, 0.4) is 0 Å². The number of aliphatic hydroxyl groups excluding tert-OH is 1. The second-order valence-electron chi connectivity index (χ2n) is 3.79. The smallest absolute Gasteiger partial charge is 0.129 e. The average Bonchev–Trinajstić information content (AvgIpc) is 2.17. The van der Waals surface area contributed by atoms with Crippen LogP contribution in [0.4, 0.5) is 0 Å². The predicted octanol–water partition coefficient (Wildman–Crippen LogP) is 1.17. The second kappa shape index (κ2) is 6.81. The van der Waals surface area contributed by atoms with E-state index < -0.39 is 6.10 Å². The van der Waals surface area contributed by atoms with Gasteiger partial charge in [0.25, 0.3) is 0 Å². The maximum absolute atomic E-state index is 9.55. The van der Waals surface area contributed by atoms with Crippen LogP contribution in [0.5, 0.6) is 0 Å². The number of hydrogen-bond acceptors (Lipinski definition) is 4. The van der Waals surface area contributed by atoms with Crippen molar-refractivity contribution in [1.29, 1.82) is 0 Å². The van der Waals surface area contributed by atoms with Gasteiger partial charge in [-0.3, -0.25) is 4.90 Å². The van der Waals surface area contributed by atoms with Crippen molar-refractivity contribution in [2.24, 2.45) is 0 Å². The van der Waals surface area contributed by atoms with Crippen molar-refractivity contribution in [3.63, 3.8) is 0 Å². The zero-order valence-electron chi connectivity index (χ0n) is 9.56. The van der Waals surface area contributed by atoms with Gasteiger partial charge in [-0.1, -0.05) is 11.6 Å². The van der Waals surface area contributed by atoms with E-state index in [4.69, 9.17) is 16.3 Å². The number of nitrogens with zero attached hydrogens (tertiary/aromatic N) is 2. The Balaban J connectivity index is 2.42. The summed E-state index contributed by atoms with van der Waals surface area (Å²) in [5.41, 5.74) is 1.08. The number of pyridine rings is 1. The van der Waals surface area contributed by atoms with Gasteiger partial charge in [0.1, 0.15) is 5.15 Å². The van der Waals surface area contributed by atoms with Crippen molar-refractivity contribution in [2.75, 3.05) is 27.3 Å². The Morgan fingerprint density at radius 1 is 1.62 bits per heavy atom. The number of aliphatic hydroxyl groups is 1. The molecular weight excluding hydrogens is 228 g/mol. The molecule has 0 radical (unpaired) electrons. The van der Waals surface area contributed by atoms with Crippen LogP contribution in [-0.4, -0.2) is 48.4 Å². The molecule has 1 unspecified atom stereocenters. The standard InChI is InChI=1S/C11H17ClN2O2/c1-14(7-10(15)8-16-2)6-9-3-4-13-11(12)5-9/h3-5,10,15H,6-8H2,1-2H3. The summed E-state index contributed by atoms with van der Waals surface area (Å²) < 4.78 is 4.87. The minimum atomic E-state index is -0.465. The highest BCUT2D eigenvalue weighted by molar-refractivity contribution is 6.29. The molecule has 0 bridgehead atoms. The molecule has 0 spiro atoms. The summed E-state index contributed by atoms with van der Waals surface area (Å²) in [5, 5.41) is 10.0. The summed E-state index contributed by atoms with van der Waals surface area (Å²) in [6.07, 6.45) is 1.21. The first-order chi connectivity index (χ1) is 7.61. The quantitative estimate of drug-likeness (QED) is 0.764. The van der Waals surface area contributed by atoms with E-state index in [9.17, 15) is 5.11 Å². The highest BCUT2D eigenvalue weighted by Gasteiger charge is 2.08. The molecule has 1 N–H and O–H groups in total. The molecule has 1 aromatic rings. The first-order valence-corrected chi connectivity index (χ1v) is 5.45. The van der Waals surface area contributed by atoms with E-state index in [2.05, 4.69) is 4.98 Å². The van der Waals surface area contributed by atoms with Crippen molar-refractivity contribution >= 4 is 11.6 Å². The first-order valence-electron chi connectivity index (χ1n) is 5.07. The van der Waals surface area contributed by atoms with Gasteiger partial charge in [-0.2, -0.15) is 0 Å². The van der Waals surface area contributed by atoms with Crippen LogP contribution in [-0.2, 0) is 11.3 Å².